The topological polar surface area (TPSA) is 113 Å². The molecular formula is C19H31ClN4O3. The fourth-order valence-electron chi connectivity index (χ4n) is 2.06. The van der Waals surface area contributed by atoms with E-state index in [4.69, 9.17) is 5.73 Å². The first-order valence-corrected chi connectivity index (χ1v) is 8.94. The van der Waals surface area contributed by atoms with Crippen molar-refractivity contribution in [2.24, 2.45) is 17.6 Å². The van der Waals surface area contributed by atoms with Crippen LogP contribution < -0.4 is 21.7 Å². The van der Waals surface area contributed by atoms with Gasteiger partial charge >= 0.3 is 0 Å². The van der Waals surface area contributed by atoms with Crippen LogP contribution in [0, 0.1) is 11.8 Å². The van der Waals surface area contributed by atoms with E-state index in [1.165, 1.54) is 0 Å². The highest BCUT2D eigenvalue weighted by atomic mass is 35.5. The van der Waals surface area contributed by atoms with Crippen LogP contribution in [0.4, 0.5) is 5.69 Å². The first-order valence-electron chi connectivity index (χ1n) is 8.94. The summed E-state index contributed by atoms with van der Waals surface area (Å²) in [5.41, 5.74) is 7.27. The Morgan fingerprint density at radius 2 is 1.74 bits per heavy atom. The molecule has 7 nitrogen and oxygen atoms in total. The van der Waals surface area contributed by atoms with Crippen molar-refractivity contribution in [3.05, 3.63) is 29.8 Å². The average molecular weight is 399 g/mol. The van der Waals surface area contributed by atoms with Gasteiger partial charge in [0.25, 0.3) is 0 Å². The Kier molecular flexibility index (Phi) is 11.3. The minimum atomic E-state index is -0.631. The monoisotopic (exact) mass is 398 g/mol. The van der Waals surface area contributed by atoms with Crippen molar-refractivity contribution >= 4 is 35.8 Å². The van der Waals surface area contributed by atoms with Crippen molar-refractivity contribution in [2.75, 3.05) is 11.9 Å². The van der Waals surface area contributed by atoms with Crippen LogP contribution in [-0.2, 0) is 20.9 Å². The van der Waals surface area contributed by atoms with Gasteiger partial charge in [0.05, 0.1) is 12.6 Å². The summed E-state index contributed by atoms with van der Waals surface area (Å²) in [5, 5.41) is 8.11. The summed E-state index contributed by atoms with van der Waals surface area (Å²) < 4.78 is 0. The van der Waals surface area contributed by atoms with Crippen LogP contribution >= 0.6 is 12.4 Å². The van der Waals surface area contributed by atoms with Gasteiger partial charge in [-0.2, -0.15) is 0 Å². The van der Waals surface area contributed by atoms with Gasteiger partial charge in [0.15, 0.2) is 0 Å². The Balaban J connectivity index is 0.00000676. The molecular weight excluding hydrogens is 368 g/mol. The van der Waals surface area contributed by atoms with Crippen LogP contribution in [0.3, 0.4) is 0 Å². The van der Waals surface area contributed by atoms with Crippen LogP contribution in [0.25, 0.3) is 0 Å². The zero-order chi connectivity index (χ0) is 19.7. The number of rotatable bonds is 9. The number of carbonyl (C=O) groups is 3. The van der Waals surface area contributed by atoms with Crippen molar-refractivity contribution in [1.29, 1.82) is 0 Å². The number of hydrogen-bond donors (Lipinski definition) is 4. The molecule has 2 atom stereocenters. The molecule has 0 saturated heterocycles. The standard InChI is InChI=1S/C19H30N4O3.ClH/c1-5-13(4)18(25)23-15-8-6-7-14(9-15)10-21-16(24)11-22-19(26)17(20)12(2)3;/h6-9,12-13,17H,5,10-11,20H2,1-4H3,(H,21,24)(H,22,26)(H,23,25);1H/t13?,17-;/m0./s1. The number of carbonyl (C=O) groups excluding carboxylic acids is 3. The minimum absolute atomic E-state index is 0. The smallest absolute Gasteiger partial charge is 0.239 e. The molecule has 1 rings (SSSR count). The van der Waals surface area contributed by atoms with Gasteiger partial charge in [0, 0.05) is 18.2 Å². The van der Waals surface area contributed by atoms with E-state index in [9.17, 15) is 14.4 Å². The summed E-state index contributed by atoms with van der Waals surface area (Å²) in [7, 11) is 0. The third-order valence-corrected chi connectivity index (χ3v) is 4.19. The summed E-state index contributed by atoms with van der Waals surface area (Å²) in [5.74, 6) is -0.725. The van der Waals surface area contributed by atoms with Crippen LogP contribution in [0.15, 0.2) is 24.3 Å². The van der Waals surface area contributed by atoms with Crippen molar-refractivity contribution in [2.45, 2.75) is 46.7 Å². The van der Waals surface area contributed by atoms with E-state index >= 15 is 0 Å². The Hall–Kier alpha value is -2.12. The normalized spacial score (nSPS) is 12.5. The Morgan fingerprint density at radius 1 is 1.07 bits per heavy atom. The Bertz CT molecular complexity index is 637. The van der Waals surface area contributed by atoms with Crippen molar-refractivity contribution in [3.8, 4) is 0 Å². The van der Waals surface area contributed by atoms with E-state index in [1.54, 1.807) is 6.07 Å². The molecule has 0 aliphatic carbocycles. The van der Waals surface area contributed by atoms with E-state index in [0.717, 1.165) is 12.0 Å². The number of hydrogen-bond acceptors (Lipinski definition) is 4. The van der Waals surface area contributed by atoms with E-state index < -0.39 is 6.04 Å². The van der Waals surface area contributed by atoms with E-state index in [-0.39, 0.29) is 48.5 Å². The highest BCUT2D eigenvalue weighted by Crippen LogP contribution is 2.13. The van der Waals surface area contributed by atoms with Gasteiger partial charge < -0.3 is 21.7 Å². The molecule has 1 unspecified atom stereocenters. The molecule has 3 amide bonds. The highest BCUT2D eigenvalue weighted by molar-refractivity contribution is 5.92. The van der Waals surface area contributed by atoms with Crippen molar-refractivity contribution < 1.29 is 14.4 Å². The molecule has 0 radical (unpaired) electrons. The molecule has 0 aromatic heterocycles. The maximum Gasteiger partial charge on any atom is 0.239 e. The number of amides is 3. The molecule has 0 aliphatic rings. The van der Waals surface area contributed by atoms with Crippen LogP contribution in [0.5, 0.6) is 0 Å². The maximum absolute atomic E-state index is 11.9. The molecule has 0 aliphatic heterocycles. The molecule has 0 bridgehead atoms. The second-order valence-electron chi connectivity index (χ2n) is 6.76. The second kappa shape index (κ2) is 12.3. The summed E-state index contributed by atoms with van der Waals surface area (Å²) in [6, 6.07) is 6.66. The lowest BCUT2D eigenvalue weighted by atomic mass is 10.1. The molecule has 8 heteroatoms. The SMILES string of the molecule is CCC(C)C(=O)Nc1cccc(CNC(=O)CNC(=O)[C@@H](N)C(C)C)c1.Cl. The number of nitrogens with one attached hydrogen (secondary N) is 3. The fraction of sp³-hybridized carbons (Fsp3) is 0.526. The Morgan fingerprint density at radius 3 is 2.33 bits per heavy atom. The van der Waals surface area contributed by atoms with Gasteiger partial charge in [-0.05, 0) is 30.0 Å². The number of anilines is 1. The molecule has 152 valence electrons. The summed E-state index contributed by atoms with van der Waals surface area (Å²) in [6.45, 7) is 7.71. The molecule has 5 N–H and O–H groups in total. The zero-order valence-electron chi connectivity index (χ0n) is 16.4. The maximum atomic E-state index is 11.9. The molecule has 0 heterocycles. The van der Waals surface area contributed by atoms with Gasteiger partial charge in [-0.25, -0.2) is 0 Å². The van der Waals surface area contributed by atoms with Crippen molar-refractivity contribution in [3.63, 3.8) is 0 Å². The number of nitrogens with two attached hydrogens (primary N) is 1. The van der Waals surface area contributed by atoms with E-state index in [2.05, 4.69) is 16.0 Å². The van der Waals surface area contributed by atoms with E-state index in [1.807, 2.05) is 45.9 Å². The van der Waals surface area contributed by atoms with E-state index in [0.29, 0.717) is 12.2 Å². The summed E-state index contributed by atoms with van der Waals surface area (Å²) in [6.07, 6.45) is 0.772. The Labute approximate surface area is 167 Å². The molecule has 1 aromatic carbocycles. The van der Waals surface area contributed by atoms with Gasteiger partial charge in [-0.15, -0.1) is 12.4 Å². The molecule has 0 saturated carbocycles. The lowest BCUT2D eigenvalue weighted by Gasteiger charge is -2.15. The first kappa shape index (κ1) is 24.9. The minimum Gasteiger partial charge on any atom is -0.350 e. The summed E-state index contributed by atoms with van der Waals surface area (Å²) in [4.78, 5) is 35.5. The fourth-order valence-corrected chi connectivity index (χ4v) is 2.06. The van der Waals surface area contributed by atoms with Crippen LogP contribution in [0.1, 0.15) is 39.7 Å². The predicted molar refractivity (Wildman–Crippen MR) is 109 cm³/mol. The van der Waals surface area contributed by atoms with Gasteiger partial charge in [0.1, 0.15) is 0 Å². The first-order chi connectivity index (χ1) is 12.2. The number of benzene rings is 1. The molecule has 27 heavy (non-hydrogen) atoms. The van der Waals surface area contributed by atoms with Gasteiger partial charge in [-0.3, -0.25) is 14.4 Å². The lowest BCUT2D eigenvalue weighted by Crippen LogP contribution is -2.47. The molecule has 1 aromatic rings. The highest BCUT2D eigenvalue weighted by Gasteiger charge is 2.17. The third kappa shape index (κ3) is 8.88. The second-order valence-corrected chi connectivity index (χ2v) is 6.76. The summed E-state index contributed by atoms with van der Waals surface area (Å²) >= 11 is 0. The van der Waals surface area contributed by atoms with Gasteiger partial charge in [-0.1, -0.05) is 39.8 Å². The zero-order valence-corrected chi connectivity index (χ0v) is 17.2. The molecule has 0 spiro atoms. The quantitative estimate of drug-likeness (QED) is 0.508. The van der Waals surface area contributed by atoms with Crippen LogP contribution in [-0.4, -0.2) is 30.3 Å². The average Bonchev–Trinajstić information content (AvgIpc) is 2.63. The lowest BCUT2D eigenvalue weighted by molar-refractivity contribution is -0.127. The van der Waals surface area contributed by atoms with Crippen molar-refractivity contribution in [1.82, 2.24) is 10.6 Å². The van der Waals surface area contributed by atoms with Crippen LogP contribution in [0.2, 0.25) is 0 Å². The molecule has 0 fully saturated rings. The van der Waals surface area contributed by atoms with Gasteiger partial charge in [0.2, 0.25) is 17.7 Å². The number of halogens is 1. The predicted octanol–water partition coefficient (Wildman–Crippen LogP) is 1.81. The third-order valence-electron chi connectivity index (χ3n) is 4.19. The largest absolute Gasteiger partial charge is 0.350 e.